The molecule has 3 atom stereocenters. The van der Waals surface area contributed by atoms with E-state index in [9.17, 15) is 0 Å². The summed E-state index contributed by atoms with van der Waals surface area (Å²) in [7, 11) is 2.23. The SMILES string of the molecule is CC(N)C1CCCN(C2CCN(C)C2)C1. The molecule has 0 saturated carbocycles. The second-order valence-corrected chi connectivity index (χ2v) is 5.46. The molecule has 3 nitrogen and oxygen atoms in total. The molecule has 2 aliphatic heterocycles. The summed E-state index contributed by atoms with van der Waals surface area (Å²) in [5.41, 5.74) is 6.02. The zero-order valence-corrected chi connectivity index (χ0v) is 10.2. The fraction of sp³-hybridized carbons (Fsp3) is 1.00. The minimum atomic E-state index is 0.368. The van der Waals surface area contributed by atoms with Gasteiger partial charge in [-0.3, -0.25) is 4.90 Å². The maximum atomic E-state index is 6.02. The van der Waals surface area contributed by atoms with Crippen LogP contribution in [-0.4, -0.2) is 55.1 Å². The van der Waals surface area contributed by atoms with E-state index in [4.69, 9.17) is 5.73 Å². The number of nitrogens with two attached hydrogens (primary N) is 1. The molecule has 88 valence electrons. The van der Waals surface area contributed by atoms with E-state index in [0.717, 1.165) is 12.0 Å². The Hall–Kier alpha value is -0.120. The number of likely N-dealkylation sites (N-methyl/N-ethyl adjacent to an activating group) is 1. The van der Waals surface area contributed by atoms with Crippen LogP contribution in [-0.2, 0) is 0 Å². The highest BCUT2D eigenvalue weighted by Gasteiger charge is 2.30. The van der Waals surface area contributed by atoms with Crippen molar-refractivity contribution in [2.75, 3.05) is 33.2 Å². The third-order valence-corrected chi connectivity index (χ3v) is 4.12. The molecule has 0 spiro atoms. The largest absolute Gasteiger partial charge is 0.328 e. The van der Waals surface area contributed by atoms with Gasteiger partial charge in [-0.25, -0.2) is 0 Å². The van der Waals surface area contributed by atoms with Crippen molar-refractivity contribution in [3.63, 3.8) is 0 Å². The predicted octanol–water partition coefficient (Wildman–Crippen LogP) is 0.750. The highest BCUT2D eigenvalue weighted by Crippen LogP contribution is 2.23. The first kappa shape index (κ1) is 11.4. The molecule has 15 heavy (non-hydrogen) atoms. The third kappa shape index (κ3) is 2.71. The number of piperidine rings is 1. The zero-order chi connectivity index (χ0) is 10.8. The zero-order valence-electron chi connectivity index (χ0n) is 10.2. The summed E-state index contributed by atoms with van der Waals surface area (Å²) in [6.45, 7) is 7.21. The standard InChI is InChI=1S/C12H25N3/c1-10(13)11-4-3-6-15(8-11)12-5-7-14(2)9-12/h10-12H,3-9,13H2,1-2H3. The monoisotopic (exact) mass is 211 g/mol. The Labute approximate surface area is 93.6 Å². The van der Waals surface area contributed by atoms with Crippen LogP contribution in [0.25, 0.3) is 0 Å². The lowest BCUT2D eigenvalue weighted by atomic mass is 9.91. The van der Waals surface area contributed by atoms with E-state index >= 15 is 0 Å². The predicted molar refractivity (Wildman–Crippen MR) is 63.8 cm³/mol. The average molecular weight is 211 g/mol. The number of hydrogen-bond acceptors (Lipinski definition) is 3. The highest BCUT2D eigenvalue weighted by molar-refractivity contribution is 4.87. The van der Waals surface area contributed by atoms with Crippen LogP contribution >= 0.6 is 0 Å². The molecule has 2 rings (SSSR count). The summed E-state index contributed by atoms with van der Waals surface area (Å²) in [4.78, 5) is 5.13. The fourth-order valence-electron chi connectivity index (χ4n) is 3.01. The van der Waals surface area contributed by atoms with Crippen LogP contribution in [0, 0.1) is 5.92 Å². The molecule has 2 N–H and O–H groups in total. The van der Waals surface area contributed by atoms with Crippen molar-refractivity contribution in [3.05, 3.63) is 0 Å². The first-order chi connectivity index (χ1) is 7.16. The smallest absolute Gasteiger partial charge is 0.0235 e. The van der Waals surface area contributed by atoms with E-state index < -0.39 is 0 Å². The van der Waals surface area contributed by atoms with Crippen LogP contribution in [0.15, 0.2) is 0 Å². The summed E-state index contributed by atoms with van der Waals surface area (Å²) in [5, 5.41) is 0. The molecule has 3 unspecified atom stereocenters. The fourth-order valence-corrected chi connectivity index (χ4v) is 3.01. The summed E-state index contributed by atoms with van der Waals surface area (Å²) in [5.74, 6) is 0.727. The molecule has 0 radical (unpaired) electrons. The van der Waals surface area contributed by atoms with Gasteiger partial charge < -0.3 is 10.6 Å². The first-order valence-electron chi connectivity index (χ1n) is 6.35. The molecule has 2 fully saturated rings. The van der Waals surface area contributed by atoms with Crippen molar-refractivity contribution >= 4 is 0 Å². The van der Waals surface area contributed by atoms with Crippen molar-refractivity contribution in [2.45, 2.75) is 38.3 Å². The minimum absolute atomic E-state index is 0.368. The Morgan fingerprint density at radius 1 is 1.20 bits per heavy atom. The van der Waals surface area contributed by atoms with Gasteiger partial charge in [0.15, 0.2) is 0 Å². The second-order valence-electron chi connectivity index (χ2n) is 5.46. The van der Waals surface area contributed by atoms with Gasteiger partial charge in [0.1, 0.15) is 0 Å². The van der Waals surface area contributed by atoms with E-state index in [1.165, 1.54) is 45.4 Å². The molecule has 0 aromatic rings. The lowest BCUT2D eigenvalue weighted by Gasteiger charge is -2.38. The van der Waals surface area contributed by atoms with Crippen molar-refractivity contribution in [2.24, 2.45) is 11.7 Å². The molecular weight excluding hydrogens is 186 g/mol. The van der Waals surface area contributed by atoms with Gasteiger partial charge in [0, 0.05) is 25.2 Å². The van der Waals surface area contributed by atoms with Crippen LogP contribution in [0.1, 0.15) is 26.2 Å². The number of hydrogen-bond donors (Lipinski definition) is 1. The molecule has 3 heteroatoms. The number of likely N-dealkylation sites (tertiary alicyclic amines) is 2. The maximum absolute atomic E-state index is 6.02. The van der Waals surface area contributed by atoms with E-state index in [0.29, 0.717) is 6.04 Å². The summed E-state index contributed by atoms with van der Waals surface area (Å²) in [6.07, 6.45) is 4.02. The maximum Gasteiger partial charge on any atom is 0.0235 e. The van der Waals surface area contributed by atoms with Crippen LogP contribution in [0.3, 0.4) is 0 Å². The van der Waals surface area contributed by atoms with Crippen LogP contribution in [0.5, 0.6) is 0 Å². The molecule has 2 saturated heterocycles. The molecule has 0 amide bonds. The number of rotatable bonds is 2. The molecule has 2 heterocycles. The van der Waals surface area contributed by atoms with Gasteiger partial charge in [-0.1, -0.05) is 0 Å². The van der Waals surface area contributed by atoms with E-state index in [2.05, 4.69) is 23.8 Å². The van der Waals surface area contributed by atoms with E-state index in [1.807, 2.05) is 0 Å². The highest BCUT2D eigenvalue weighted by atomic mass is 15.2. The van der Waals surface area contributed by atoms with Gasteiger partial charge >= 0.3 is 0 Å². The Kier molecular flexibility index (Phi) is 3.65. The van der Waals surface area contributed by atoms with Gasteiger partial charge in [-0.2, -0.15) is 0 Å². The Morgan fingerprint density at radius 2 is 2.00 bits per heavy atom. The van der Waals surface area contributed by atoms with Crippen LogP contribution in [0.4, 0.5) is 0 Å². The summed E-state index contributed by atoms with van der Waals surface area (Å²) in [6, 6.07) is 1.17. The lowest BCUT2D eigenvalue weighted by molar-refractivity contribution is 0.116. The summed E-state index contributed by atoms with van der Waals surface area (Å²) >= 11 is 0. The van der Waals surface area contributed by atoms with Gasteiger partial charge in [-0.15, -0.1) is 0 Å². The molecule has 0 aromatic carbocycles. The molecular formula is C12H25N3. The van der Waals surface area contributed by atoms with Gasteiger partial charge in [0.25, 0.3) is 0 Å². The Bertz CT molecular complexity index is 205. The lowest BCUT2D eigenvalue weighted by Crippen LogP contribution is -2.47. The second kappa shape index (κ2) is 4.81. The number of nitrogens with zero attached hydrogens (tertiary/aromatic N) is 2. The molecule has 0 aliphatic carbocycles. The van der Waals surface area contributed by atoms with Crippen molar-refractivity contribution in [3.8, 4) is 0 Å². The molecule has 2 aliphatic rings. The minimum Gasteiger partial charge on any atom is -0.328 e. The Morgan fingerprint density at radius 3 is 2.60 bits per heavy atom. The normalized spacial score (nSPS) is 37.0. The first-order valence-corrected chi connectivity index (χ1v) is 6.35. The van der Waals surface area contributed by atoms with Crippen LogP contribution in [0.2, 0.25) is 0 Å². The van der Waals surface area contributed by atoms with E-state index in [-0.39, 0.29) is 0 Å². The van der Waals surface area contributed by atoms with Gasteiger partial charge in [0.05, 0.1) is 0 Å². The topological polar surface area (TPSA) is 32.5 Å². The van der Waals surface area contributed by atoms with Crippen molar-refractivity contribution in [1.29, 1.82) is 0 Å². The van der Waals surface area contributed by atoms with Crippen LogP contribution < -0.4 is 5.73 Å². The average Bonchev–Trinajstić information content (AvgIpc) is 2.65. The quantitative estimate of drug-likeness (QED) is 0.731. The molecule has 0 bridgehead atoms. The molecule has 0 aromatic heterocycles. The van der Waals surface area contributed by atoms with E-state index in [1.54, 1.807) is 0 Å². The van der Waals surface area contributed by atoms with Crippen molar-refractivity contribution < 1.29 is 0 Å². The summed E-state index contributed by atoms with van der Waals surface area (Å²) < 4.78 is 0. The van der Waals surface area contributed by atoms with Gasteiger partial charge in [0.2, 0.25) is 0 Å². The van der Waals surface area contributed by atoms with Gasteiger partial charge in [-0.05, 0) is 52.2 Å². The Balaban J connectivity index is 1.87. The van der Waals surface area contributed by atoms with Crippen molar-refractivity contribution in [1.82, 2.24) is 9.80 Å². The third-order valence-electron chi connectivity index (χ3n) is 4.12.